The summed E-state index contributed by atoms with van der Waals surface area (Å²) < 4.78 is 13.7. The number of carbonyl (C=O) groups is 1. The molecule has 3 nitrogen and oxygen atoms in total. The molecule has 19 heavy (non-hydrogen) atoms. The van der Waals surface area contributed by atoms with E-state index in [-0.39, 0.29) is 17.5 Å². The van der Waals surface area contributed by atoms with Crippen molar-refractivity contribution in [3.05, 3.63) is 29.6 Å². The Hall–Kier alpha value is -1.58. The second-order valence-corrected chi connectivity index (χ2v) is 5.68. The lowest BCUT2D eigenvalue weighted by molar-refractivity contribution is 0.0906. The Morgan fingerprint density at radius 3 is 2.68 bits per heavy atom. The Kier molecular flexibility index (Phi) is 4.08. The fraction of sp³-hybridized carbons (Fsp3) is 0.533. The molecule has 1 aromatic carbocycles. The van der Waals surface area contributed by atoms with Gasteiger partial charge in [0.25, 0.3) is 5.91 Å². The van der Waals surface area contributed by atoms with Crippen molar-refractivity contribution in [2.75, 3.05) is 5.73 Å². The molecule has 1 aromatic rings. The second-order valence-electron chi connectivity index (χ2n) is 5.68. The molecule has 1 amide bonds. The monoisotopic (exact) mass is 264 g/mol. The summed E-state index contributed by atoms with van der Waals surface area (Å²) in [6, 6.07) is 4.31. The summed E-state index contributed by atoms with van der Waals surface area (Å²) in [4.78, 5) is 12.0. The lowest BCUT2D eigenvalue weighted by atomic mass is 9.79. The number of hydrogen-bond acceptors (Lipinski definition) is 2. The first-order valence-corrected chi connectivity index (χ1v) is 6.83. The maximum atomic E-state index is 13.7. The molecule has 2 rings (SSSR count). The van der Waals surface area contributed by atoms with E-state index in [1.54, 1.807) is 6.07 Å². The first kappa shape index (κ1) is 13.8. The minimum atomic E-state index is -0.560. The van der Waals surface area contributed by atoms with Gasteiger partial charge >= 0.3 is 0 Å². The van der Waals surface area contributed by atoms with Gasteiger partial charge in [-0.3, -0.25) is 4.79 Å². The highest BCUT2D eigenvalue weighted by molar-refractivity contribution is 5.95. The number of carbonyl (C=O) groups excluding carboxylic acids is 1. The van der Waals surface area contributed by atoms with Gasteiger partial charge in [-0.05, 0) is 49.3 Å². The SMILES string of the molecule is CC1CCC(NC(=O)c2ccc(N)cc2F)CC1C. The number of anilines is 1. The molecule has 1 saturated carbocycles. The highest BCUT2D eigenvalue weighted by Crippen LogP contribution is 2.29. The zero-order chi connectivity index (χ0) is 14.0. The topological polar surface area (TPSA) is 55.1 Å². The van der Waals surface area contributed by atoms with Crippen molar-refractivity contribution < 1.29 is 9.18 Å². The van der Waals surface area contributed by atoms with Gasteiger partial charge < -0.3 is 11.1 Å². The van der Waals surface area contributed by atoms with Gasteiger partial charge in [-0.15, -0.1) is 0 Å². The van der Waals surface area contributed by atoms with Crippen LogP contribution in [0.3, 0.4) is 0 Å². The molecule has 0 bridgehead atoms. The van der Waals surface area contributed by atoms with Crippen LogP contribution in [0.25, 0.3) is 0 Å². The van der Waals surface area contributed by atoms with Crippen LogP contribution in [0.4, 0.5) is 10.1 Å². The molecule has 1 aliphatic carbocycles. The Bertz CT molecular complexity index is 475. The maximum Gasteiger partial charge on any atom is 0.254 e. The van der Waals surface area contributed by atoms with Gasteiger partial charge in [-0.25, -0.2) is 4.39 Å². The number of hydrogen-bond donors (Lipinski definition) is 2. The average Bonchev–Trinajstić information content (AvgIpc) is 2.33. The molecular formula is C15H21FN2O. The van der Waals surface area contributed by atoms with Crippen molar-refractivity contribution in [3.8, 4) is 0 Å². The first-order chi connectivity index (χ1) is 8.97. The van der Waals surface area contributed by atoms with Crippen LogP contribution in [0.2, 0.25) is 0 Å². The number of rotatable bonds is 2. The van der Waals surface area contributed by atoms with E-state index in [9.17, 15) is 9.18 Å². The molecular weight excluding hydrogens is 243 g/mol. The third-order valence-corrected chi connectivity index (χ3v) is 4.17. The molecule has 3 N–H and O–H groups in total. The van der Waals surface area contributed by atoms with E-state index in [1.807, 2.05) is 0 Å². The summed E-state index contributed by atoms with van der Waals surface area (Å²) in [5.41, 5.74) is 5.87. The zero-order valence-corrected chi connectivity index (χ0v) is 11.4. The van der Waals surface area contributed by atoms with Crippen LogP contribution in [0.15, 0.2) is 18.2 Å². The number of nitrogen functional groups attached to an aromatic ring is 1. The number of benzene rings is 1. The summed E-state index contributed by atoms with van der Waals surface area (Å²) >= 11 is 0. The van der Waals surface area contributed by atoms with Crippen LogP contribution in [-0.2, 0) is 0 Å². The second kappa shape index (κ2) is 5.59. The van der Waals surface area contributed by atoms with Crippen LogP contribution in [0, 0.1) is 17.7 Å². The summed E-state index contributed by atoms with van der Waals surface area (Å²) in [5.74, 6) is 0.385. The fourth-order valence-corrected chi connectivity index (χ4v) is 2.66. The van der Waals surface area contributed by atoms with Gasteiger partial charge in [0.1, 0.15) is 5.82 Å². The third-order valence-electron chi connectivity index (χ3n) is 4.17. The van der Waals surface area contributed by atoms with Crippen LogP contribution >= 0.6 is 0 Å². The van der Waals surface area contributed by atoms with Crippen molar-refractivity contribution >= 4 is 11.6 Å². The van der Waals surface area contributed by atoms with Gasteiger partial charge in [0.2, 0.25) is 0 Å². The molecule has 0 spiro atoms. The Balaban J connectivity index is 2.01. The standard InChI is InChI=1S/C15H21FN2O/c1-9-3-5-12(7-10(9)2)18-15(19)13-6-4-11(17)8-14(13)16/h4,6,8-10,12H,3,5,7,17H2,1-2H3,(H,18,19). The molecule has 3 unspecified atom stereocenters. The normalized spacial score (nSPS) is 27.0. The Labute approximate surface area is 113 Å². The number of halogens is 1. The third kappa shape index (κ3) is 3.25. The predicted octanol–water partition coefficient (Wildman–Crippen LogP) is 2.96. The van der Waals surface area contributed by atoms with E-state index in [4.69, 9.17) is 5.73 Å². The fourth-order valence-electron chi connectivity index (χ4n) is 2.66. The van der Waals surface area contributed by atoms with Crippen LogP contribution in [0.1, 0.15) is 43.5 Å². The average molecular weight is 264 g/mol. The minimum absolute atomic E-state index is 0.0699. The molecule has 1 aliphatic rings. The van der Waals surface area contributed by atoms with Crippen molar-refractivity contribution in [2.24, 2.45) is 11.8 Å². The molecule has 0 aromatic heterocycles. The van der Waals surface area contributed by atoms with E-state index in [0.717, 1.165) is 19.3 Å². The van der Waals surface area contributed by atoms with Gasteiger partial charge in [-0.1, -0.05) is 13.8 Å². The van der Waals surface area contributed by atoms with E-state index in [0.29, 0.717) is 17.5 Å². The van der Waals surface area contributed by atoms with E-state index < -0.39 is 5.82 Å². The summed E-state index contributed by atoms with van der Waals surface area (Å²) in [6.07, 6.45) is 3.04. The summed E-state index contributed by atoms with van der Waals surface area (Å²) in [7, 11) is 0. The summed E-state index contributed by atoms with van der Waals surface area (Å²) in [5, 5.41) is 2.93. The zero-order valence-electron chi connectivity index (χ0n) is 11.4. The maximum absolute atomic E-state index is 13.7. The van der Waals surface area contributed by atoms with Gasteiger partial charge in [0.05, 0.1) is 5.56 Å². The smallest absolute Gasteiger partial charge is 0.254 e. The number of nitrogens with one attached hydrogen (secondary N) is 1. The minimum Gasteiger partial charge on any atom is -0.399 e. The van der Waals surface area contributed by atoms with Crippen molar-refractivity contribution in [3.63, 3.8) is 0 Å². The Morgan fingerprint density at radius 1 is 1.32 bits per heavy atom. The Morgan fingerprint density at radius 2 is 2.05 bits per heavy atom. The van der Waals surface area contributed by atoms with Crippen LogP contribution < -0.4 is 11.1 Å². The van der Waals surface area contributed by atoms with Crippen LogP contribution in [0.5, 0.6) is 0 Å². The highest BCUT2D eigenvalue weighted by atomic mass is 19.1. The van der Waals surface area contributed by atoms with Gasteiger partial charge in [0, 0.05) is 11.7 Å². The number of amides is 1. The highest BCUT2D eigenvalue weighted by Gasteiger charge is 2.26. The first-order valence-electron chi connectivity index (χ1n) is 6.83. The summed E-state index contributed by atoms with van der Waals surface area (Å²) in [6.45, 7) is 4.44. The van der Waals surface area contributed by atoms with E-state index in [2.05, 4.69) is 19.2 Å². The molecule has 0 radical (unpaired) electrons. The molecule has 0 aliphatic heterocycles. The van der Waals surface area contributed by atoms with Crippen molar-refractivity contribution in [2.45, 2.75) is 39.2 Å². The van der Waals surface area contributed by atoms with Crippen molar-refractivity contribution in [1.29, 1.82) is 0 Å². The quantitative estimate of drug-likeness (QED) is 0.807. The largest absolute Gasteiger partial charge is 0.399 e. The molecule has 4 heteroatoms. The lowest BCUT2D eigenvalue weighted by Crippen LogP contribution is -2.40. The predicted molar refractivity (Wildman–Crippen MR) is 74.2 cm³/mol. The van der Waals surface area contributed by atoms with Crippen molar-refractivity contribution in [1.82, 2.24) is 5.32 Å². The molecule has 0 heterocycles. The molecule has 3 atom stereocenters. The lowest BCUT2D eigenvalue weighted by Gasteiger charge is -2.32. The van der Waals surface area contributed by atoms with Crippen LogP contribution in [-0.4, -0.2) is 11.9 Å². The number of nitrogens with two attached hydrogens (primary N) is 1. The van der Waals surface area contributed by atoms with E-state index in [1.165, 1.54) is 12.1 Å². The molecule has 1 fully saturated rings. The molecule has 0 saturated heterocycles. The van der Waals surface area contributed by atoms with Gasteiger partial charge in [-0.2, -0.15) is 0 Å². The van der Waals surface area contributed by atoms with E-state index >= 15 is 0 Å². The molecule has 104 valence electrons. The van der Waals surface area contributed by atoms with Gasteiger partial charge in [0.15, 0.2) is 0 Å².